The lowest BCUT2D eigenvalue weighted by Gasteiger charge is -2.21. The minimum absolute atomic E-state index is 0.164. The number of benzene rings is 2. The first-order valence-electron chi connectivity index (χ1n) is 6.78. The summed E-state index contributed by atoms with van der Waals surface area (Å²) in [5.41, 5.74) is 0.982. The van der Waals surface area contributed by atoms with Gasteiger partial charge in [-0.05, 0) is 36.4 Å². The second-order valence-corrected chi connectivity index (χ2v) is 5.05. The summed E-state index contributed by atoms with van der Waals surface area (Å²) in [6.45, 7) is 0.996. The molecule has 0 aromatic heterocycles. The normalized spacial score (nSPS) is 20.6. The fourth-order valence-corrected chi connectivity index (χ4v) is 2.93. The first-order chi connectivity index (χ1) is 9.31. The molecule has 1 heterocycles. The smallest absolute Gasteiger partial charge is 0.126 e. The molecule has 0 saturated carbocycles. The van der Waals surface area contributed by atoms with Gasteiger partial charge in [-0.1, -0.05) is 30.3 Å². The van der Waals surface area contributed by atoms with E-state index in [1.807, 2.05) is 36.4 Å². The van der Waals surface area contributed by atoms with Crippen LogP contribution in [-0.2, 0) is 0 Å². The number of ether oxygens (including phenoxy) is 1. The van der Waals surface area contributed by atoms with Crippen LogP contribution in [0.2, 0.25) is 0 Å². The lowest BCUT2D eigenvalue weighted by atomic mass is 9.95. The molecule has 1 aliphatic rings. The van der Waals surface area contributed by atoms with Gasteiger partial charge in [0.15, 0.2) is 0 Å². The van der Waals surface area contributed by atoms with Gasteiger partial charge in [0.05, 0.1) is 13.2 Å². The minimum Gasteiger partial charge on any atom is -0.496 e. The maximum absolute atomic E-state index is 10.6. The van der Waals surface area contributed by atoms with E-state index in [1.54, 1.807) is 7.11 Å². The maximum Gasteiger partial charge on any atom is 0.126 e. The molecule has 2 unspecified atom stereocenters. The fourth-order valence-electron chi connectivity index (χ4n) is 2.93. The number of aliphatic hydroxyl groups is 1. The van der Waals surface area contributed by atoms with Crippen molar-refractivity contribution in [3.05, 3.63) is 42.0 Å². The van der Waals surface area contributed by atoms with E-state index in [0.29, 0.717) is 0 Å². The van der Waals surface area contributed by atoms with Gasteiger partial charge < -0.3 is 15.2 Å². The predicted octanol–water partition coefficient (Wildman–Crippen LogP) is 2.63. The van der Waals surface area contributed by atoms with Crippen LogP contribution < -0.4 is 10.1 Å². The van der Waals surface area contributed by atoms with E-state index < -0.39 is 6.10 Å². The van der Waals surface area contributed by atoms with Gasteiger partial charge in [-0.3, -0.25) is 0 Å². The van der Waals surface area contributed by atoms with Crippen LogP contribution in [-0.4, -0.2) is 24.8 Å². The Bertz CT molecular complexity index is 576. The van der Waals surface area contributed by atoms with Crippen molar-refractivity contribution >= 4 is 10.8 Å². The van der Waals surface area contributed by atoms with Crippen molar-refractivity contribution in [1.29, 1.82) is 0 Å². The van der Waals surface area contributed by atoms with Crippen LogP contribution in [0.3, 0.4) is 0 Å². The molecule has 3 rings (SSSR count). The molecule has 0 aliphatic carbocycles. The van der Waals surface area contributed by atoms with Crippen molar-refractivity contribution in [2.24, 2.45) is 0 Å². The molecule has 2 N–H and O–H groups in total. The molecule has 2 aromatic carbocycles. The van der Waals surface area contributed by atoms with Crippen LogP contribution in [0, 0.1) is 0 Å². The second kappa shape index (κ2) is 5.19. The molecule has 1 saturated heterocycles. The summed E-state index contributed by atoms with van der Waals surface area (Å²) in [5, 5.41) is 16.1. The topological polar surface area (TPSA) is 41.5 Å². The summed E-state index contributed by atoms with van der Waals surface area (Å²) in [7, 11) is 1.68. The highest BCUT2D eigenvalue weighted by Gasteiger charge is 2.25. The minimum atomic E-state index is -0.460. The monoisotopic (exact) mass is 257 g/mol. The molecule has 2 atom stereocenters. The summed E-state index contributed by atoms with van der Waals surface area (Å²) < 4.78 is 5.39. The van der Waals surface area contributed by atoms with E-state index in [1.165, 1.54) is 0 Å². The third-order valence-corrected chi connectivity index (χ3v) is 3.94. The van der Waals surface area contributed by atoms with Crippen LogP contribution in [0.15, 0.2) is 36.4 Å². The average Bonchev–Trinajstić information content (AvgIpc) is 2.99. The fraction of sp³-hybridized carbons (Fsp3) is 0.375. The van der Waals surface area contributed by atoms with E-state index in [2.05, 4.69) is 5.32 Å². The lowest BCUT2D eigenvalue weighted by molar-refractivity contribution is 0.139. The second-order valence-electron chi connectivity index (χ2n) is 5.05. The Morgan fingerprint density at radius 3 is 2.68 bits per heavy atom. The first-order valence-corrected chi connectivity index (χ1v) is 6.78. The molecular weight excluding hydrogens is 238 g/mol. The van der Waals surface area contributed by atoms with Gasteiger partial charge in [0.2, 0.25) is 0 Å². The summed E-state index contributed by atoms with van der Waals surface area (Å²) in [6.07, 6.45) is 1.70. The molecule has 3 nitrogen and oxygen atoms in total. The summed E-state index contributed by atoms with van der Waals surface area (Å²) >= 11 is 0. The maximum atomic E-state index is 10.6. The van der Waals surface area contributed by atoms with Gasteiger partial charge in [-0.2, -0.15) is 0 Å². The zero-order valence-corrected chi connectivity index (χ0v) is 11.1. The number of nitrogens with one attached hydrogen (secondary N) is 1. The first kappa shape index (κ1) is 12.5. The summed E-state index contributed by atoms with van der Waals surface area (Å²) in [6, 6.07) is 12.2. The van der Waals surface area contributed by atoms with Crippen molar-refractivity contribution in [2.75, 3.05) is 13.7 Å². The number of rotatable bonds is 3. The van der Waals surface area contributed by atoms with Gasteiger partial charge in [-0.15, -0.1) is 0 Å². The Morgan fingerprint density at radius 1 is 1.21 bits per heavy atom. The van der Waals surface area contributed by atoms with Crippen molar-refractivity contribution < 1.29 is 9.84 Å². The van der Waals surface area contributed by atoms with Crippen LogP contribution >= 0.6 is 0 Å². The Balaban J connectivity index is 2.08. The highest BCUT2D eigenvalue weighted by atomic mass is 16.5. The van der Waals surface area contributed by atoms with Gasteiger partial charge in [0.1, 0.15) is 5.75 Å². The van der Waals surface area contributed by atoms with E-state index in [0.717, 1.165) is 41.5 Å². The average molecular weight is 257 g/mol. The number of fused-ring (bicyclic) bond motifs is 1. The predicted molar refractivity (Wildman–Crippen MR) is 76.5 cm³/mol. The molecule has 0 bridgehead atoms. The highest BCUT2D eigenvalue weighted by Crippen LogP contribution is 2.33. The Labute approximate surface area is 113 Å². The Kier molecular flexibility index (Phi) is 3.40. The van der Waals surface area contributed by atoms with Gasteiger partial charge in [0.25, 0.3) is 0 Å². The molecule has 1 aliphatic heterocycles. The van der Waals surface area contributed by atoms with Crippen molar-refractivity contribution in [1.82, 2.24) is 5.32 Å². The Hall–Kier alpha value is -1.58. The van der Waals surface area contributed by atoms with Crippen LogP contribution in [0.1, 0.15) is 24.5 Å². The molecule has 3 heteroatoms. The number of methoxy groups -OCH3 is 1. The van der Waals surface area contributed by atoms with Gasteiger partial charge in [0, 0.05) is 11.4 Å². The third-order valence-electron chi connectivity index (χ3n) is 3.94. The molecule has 0 amide bonds. The standard InChI is InChI=1S/C16H19NO2/c1-19-15-9-8-13(11-5-2-3-6-12(11)15)16(18)14-7-4-10-17-14/h2-3,5-6,8-9,14,16-18H,4,7,10H2,1H3. The van der Waals surface area contributed by atoms with Gasteiger partial charge >= 0.3 is 0 Å². The summed E-state index contributed by atoms with van der Waals surface area (Å²) in [5.74, 6) is 0.853. The van der Waals surface area contributed by atoms with E-state index in [-0.39, 0.29) is 6.04 Å². The zero-order chi connectivity index (χ0) is 13.2. The van der Waals surface area contributed by atoms with Crippen molar-refractivity contribution in [3.63, 3.8) is 0 Å². The molecule has 0 radical (unpaired) electrons. The molecule has 19 heavy (non-hydrogen) atoms. The molecule has 0 spiro atoms. The van der Waals surface area contributed by atoms with Crippen molar-refractivity contribution in [2.45, 2.75) is 25.0 Å². The summed E-state index contributed by atoms with van der Waals surface area (Å²) in [4.78, 5) is 0. The molecule has 100 valence electrons. The Morgan fingerprint density at radius 2 is 2.00 bits per heavy atom. The van der Waals surface area contributed by atoms with Gasteiger partial charge in [-0.25, -0.2) is 0 Å². The van der Waals surface area contributed by atoms with Crippen LogP contribution in [0.4, 0.5) is 0 Å². The van der Waals surface area contributed by atoms with E-state index in [4.69, 9.17) is 4.74 Å². The van der Waals surface area contributed by atoms with E-state index in [9.17, 15) is 5.11 Å². The van der Waals surface area contributed by atoms with Crippen LogP contribution in [0.5, 0.6) is 5.75 Å². The quantitative estimate of drug-likeness (QED) is 0.888. The largest absolute Gasteiger partial charge is 0.496 e. The van der Waals surface area contributed by atoms with Crippen molar-refractivity contribution in [3.8, 4) is 5.75 Å². The SMILES string of the molecule is COc1ccc(C(O)C2CCCN2)c2ccccc12. The number of aliphatic hydroxyl groups excluding tert-OH is 1. The molecule has 1 fully saturated rings. The molecule has 2 aromatic rings. The number of hydrogen-bond acceptors (Lipinski definition) is 3. The lowest BCUT2D eigenvalue weighted by Crippen LogP contribution is -2.28. The number of hydrogen-bond donors (Lipinski definition) is 2. The highest BCUT2D eigenvalue weighted by molar-refractivity contribution is 5.91. The molecular formula is C16H19NO2. The zero-order valence-electron chi connectivity index (χ0n) is 11.1. The third kappa shape index (κ3) is 2.20. The van der Waals surface area contributed by atoms with E-state index >= 15 is 0 Å². The van der Waals surface area contributed by atoms with Crippen LogP contribution in [0.25, 0.3) is 10.8 Å².